The Bertz CT molecular complexity index is 2030. The minimum atomic E-state index is -1.94. The van der Waals surface area contributed by atoms with E-state index in [-0.39, 0.29) is 11.8 Å². The van der Waals surface area contributed by atoms with E-state index in [0.29, 0.717) is 16.8 Å². The molecular formula is C40H30N2O2Si. The van der Waals surface area contributed by atoms with Gasteiger partial charge in [0.15, 0.2) is 0 Å². The molecule has 6 aromatic rings. The molecule has 0 aromatic heterocycles. The van der Waals surface area contributed by atoms with Crippen molar-refractivity contribution in [2.75, 3.05) is 9.80 Å². The molecule has 0 N–H and O–H groups in total. The number of hydrogen-bond acceptors (Lipinski definition) is 3. The van der Waals surface area contributed by atoms with Gasteiger partial charge in [0, 0.05) is 17.1 Å². The summed E-state index contributed by atoms with van der Waals surface area (Å²) < 4.78 is 0. The molecule has 216 valence electrons. The molecule has 5 heteroatoms. The molecule has 0 saturated heterocycles. The Hall–Kier alpha value is -5.52. The van der Waals surface area contributed by atoms with Crippen LogP contribution in [-0.2, 0) is 0 Å². The lowest BCUT2D eigenvalue weighted by atomic mass is 9.97. The van der Waals surface area contributed by atoms with E-state index in [2.05, 4.69) is 72.6 Å². The number of fused-ring (bicyclic) bond motifs is 3. The number of carbonyl (C=O) groups excluding carboxylic acids is 2. The molecular weight excluding hydrogens is 569 g/mol. The van der Waals surface area contributed by atoms with Crippen LogP contribution in [-0.4, -0.2) is 19.9 Å². The fourth-order valence-electron chi connectivity index (χ4n) is 6.88. The number of hydrogen-bond donors (Lipinski definition) is 0. The molecule has 2 amide bonds. The smallest absolute Gasteiger partial charge is 0.266 e. The number of benzene rings is 6. The van der Waals surface area contributed by atoms with Gasteiger partial charge in [0.05, 0.1) is 16.8 Å². The lowest BCUT2D eigenvalue weighted by Gasteiger charge is -2.41. The van der Waals surface area contributed by atoms with Crippen molar-refractivity contribution in [3.05, 3.63) is 157 Å². The number of anilines is 4. The van der Waals surface area contributed by atoms with Crippen LogP contribution in [0.2, 0.25) is 13.1 Å². The van der Waals surface area contributed by atoms with E-state index in [1.807, 2.05) is 91.0 Å². The van der Waals surface area contributed by atoms with Gasteiger partial charge in [-0.05, 0) is 81.2 Å². The van der Waals surface area contributed by atoms with Gasteiger partial charge in [-0.2, -0.15) is 0 Å². The monoisotopic (exact) mass is 598 g/mol. The minimum Gasteiger partial charge on any atom is -0.311 e. The molecule has 0 radical (unpaired) electrons. The predicted molar refractivity (Wildman–Crippen MR) is 186 cm³/mol. The van der Waals surface area contributed by atoms with Crippen LogP contribution < -0.4 is 20.2 Å². The van der Waals surface area contributed by atoms with Crippen molar-refractivity contribution in [3.8, 4) is 22.3 Å². The van der Waals surface area contributed by atoms with Crippen molar-refractivity contribution in [2.45, 2.75) is 13.1 Å². The number of carbonyl (C=O) groups is 2. The van der Waals surface area contributed by atoms with Crippen LogP contribution in [0, 0.1) is 0 Å². The molecule has 0 bridgehead atoms. The second-order valence-corrected chi connectivity index (χ2v) is 16.5. The maximum absolute atomic E-state index is 14.2. The van der Waals surface area contributed by atoms with Crippen LogP contribution >= 0.6 is 0 Å². The minimum absolute atomic E-state index is 0.307. The molecule has 0 atom stereocenters. The number of nitrogens with zero attached hydrogens (tertiary/aromatic N) is 2. The summed E-state index contributed by atoms with van der Waals surface area (Å²) in [4.78, 5) is 31.8. The summed E-state index contributed by atoms with van der Waals surface area (Å²) in [6, 6.07) is 48.9. The van der Waals surface area contributed by atoms with Gasteiger partial charge in [0.25, 0.3) is 11.8 Å². The average Bonchev–Trinajstić information content (AvgIpc) is 3.34. The highest BCUT2D eigenvalue weighted by Crippen LogP contribution is 2.41. The largest absolute Gasteiger partial charge is 0.311 e. The van der Waals surface area contributed by atoms with Gasteiger partial charge in [-0.15, -0.1) is 0 Å². The van der Waals surface area contributed by atoms with E-state index in [9.17, 15) is 9.59 Å². The molecule has 8 rings (SSSR count). The number of imide groups is 1. The highest BCUT2D eigenvalue weighted by atomic mass is 28.3. The van der Waals surface area contributed by atoms with Gasteiger partial charge >= 0.3 is 0 Å². The van der Waals surface area contributed by atoms with Gasteiger partial charge in [0.1, 0.15) is 8.07 Å². The highest BCUT2D eigenvalue weighted by molar-refractivity contribution is 7.02. The van der Waals surface area contributed by atoms with Crippen LogP contribution in [0.4, 0.5) is 22.7 Å². The molecule has 0 saturated carbocycles. The molecule has 0 spiro atoms. The van der Waals surface area contributed by atoms with Crippen LogP contribution in [0.15, 0.2) is 146 Å². The number of para-hydroxylation sites is 2. The topological polar surface area (TPSA) is 40.6 Å². The molecule has 6 aromatic carbocycles. The molecule has 0 fully saturated rings. The molecule has 0 aliphatic carbocycles. The molecule has 2 heterocycles. The first kappa shape index (κ1) is 27.1. The Kier molecular flexibility index (Phi) is 6.19. The van der Waals surface area contributed by atoms with E-state index in [0.717, 1.165) is 39.3 Å². The van der Waals surface area contributed by atoms with Crippen LogP contribution in [0.5, 0.6) is 0 Å². The first-order chi connectivity index (χ1) is 21.9. The number of amides is 2. The lowest BCUT2D eigenvalue weighted by molar-refractivity contribution is 0.0926. The Balaban J connectivity index is 1.25. The summed E-state index contributed by atoms with van der Waals surface area (Å²) in [5.74, 6) is -0.617. The third kappa shape index (κ3) is 4.27. The summed E-state index contributed by atoms with van der Waals surface area (Å²) in [6.45, 7) is 4.77. The predicted octanol–water partition coefficient (Wildman–Crippen LogP) is 8.43. The van der Waals surface area contributed by atoms with E-state index in [1.165, 1.54) is 15.3 Å². The summed E-state index contributed by atoms with van der Waals surface area (Å²) in [5, 5.41) is 2.69. The molecule has 4 nitrogen and oxygen atoms in total. The first-order valence-electron chi connectivity index (χ1n) is 15.2. The Morgan fingerprint density at radius 3 is 1.47 bits per heavy atom. The zero-order chi connectivity index (χ0) is 30.7. The normalized spacial score (nSPS) is 14.6. The maximum atomic E-state index is 14.2. The van der Waals surface area contributed by atoms with Crippen molar-refractivity contribution in [3.63, 3.8) is 0 Å². The SMILES string of the molecule is C[Si]1(C)c2ccccc2N(c2ccc3c(c2)C(=O)N(c2cc(-c4ccccc4)cc(-c4ccccc4)c2)C3=O)c2ccccc21. The first-order valence-corrected chi connectivity index (χ1v) is 18.2. The van der Waals surface area contributed by atoms with Crippen LogP contribution in [0.25, 0.3) is 22.3 Å². The summed E-state index contributed by atoms with van der Waals surface area (Å²) in [5.41, 5.74) is 8.44. The fourth-order valence-corrected chi connectivity index (χ4v) is 9.87. The summed E-state index contributed by atoms with van der Waals surface area (Å²) >= 11 is 0. The summed E-state index contributed by atoms with van der Waals surface area (Å²) in [7, 11) is -1.94. The summed E-state index contributed by atoms with van der Waals surface area (Å²) in [6.07, 6.45) is 0. The van der Waals surface area contributed by atoms with E-state index in [4.69, 9.17) is 0 Å². The van der Waals surface area contributed by atoms with E-state index >= 15 is 0 Å². The third-order valence-corrected chi connectivity index (χ3v) is 12.7. The fraction of sp³-hybridized carbons (Fsp3) is 0.0500. The third-order valence-electron chi connectivity index (χ3n) is 9.16. The lowest BCUT2D eigenvalue weighted by Crippen LogP contribution is -2.58. The zero-order valence-corrected chi connectivity index (χ0v) is 26.1. The van der Waals surface area contributed by atoms with Gasteiger partial charge in [-0.3, -0.25) is 9.59 Å². The van der Waals surface area contributed by atoms with Crippen molar-refractivity contribution in [1.29, 1.82) is 0 Å². The molecule has 2 aliphatic heterocycles. The van der Waals surface area contributed by atoms with Crippen molar-refractivity contribution < 1.29 is 9.59 Å². The Morgan fingerprint density at radius 2 is 0.911 bits per heavy atom. The van der Waals surface area contributed by atoms with Gasteiger partial charge in [-0.25, -0.2) is 4.90 Å². The second kappa shape index (κ2) is 10.3. The zero-order valence-electron chi connectivity index (χ0n) is 25.1. The van der Waals surface area contributed by atoms with Crippen LogP contribution in [0.1, 0.15) is 20.7 Å². The van der Waals surface area contributed by atoms with Crippen molar-refractivity contribution in [2.24, 2.45) is 0 Å². The Labute approximate surface area is 263 Å². The number of rotatable bonds is 4. The van der Waals surface area contributed by atoms with Crippen LogP contribution in [0.3, 0.4) is 0 Å². The molecule has 2 aliphatic rings. The van der Waals surface area contributed by atoms with Gasteiger partial charge in [0.2, 0.25) is 0 Å². The van der Waals surface area contributed by atoms with Gasteiger partial charge in [-0.1, -0.05) is 110 Å². The Morgan fingerprint density at radius 1 is 0.422 bits per heavy atom. The van der Waals surface area contributed by atoms with Gasteiger partial charge < -0.3 is 4.90 Å². The molecule has 0 unspecified atom stereocenters. The standard InChI is InChI=1S/C40H30N2O2Si/c1-45(2)37-19-11-9-17-35(37)41(36-18-10-12-20-38(36)45)31-21-22-33-34(26-31)40(44)42(39(33)43)32-24-29(27-13-5-3-6-14-27)23-30(25-32)28-15-7-4-8-16-28/h3-26H,1-2H3. The van der Waals surface area contributed by atoms with E-state index < -0.39 is 8.07 Å². The maximum Gasteiger partial charge on any atom is 0.266 e. The van der Waals surface area contributed by atoms with Crippen molar-refractivity contribution >= 4 is 53.0 Å². The second-order valence-electron chi connectivity index (χ2n) is 12.2. The molecule has 45 heavy (non-hydrogen) atoms. The van der Waals surface area contributed by atoms with Crippen molar-refractivity contribution in [1.82, 2.24) is 0 Å². The highest BCUT2D eigenvalue weighted by Gasteiger charge is 2.40. The van der Waals surface area contributed by atoms with E-state index in [1.54, 1.807) is 0 Å². The quantitative estimate of drug-likeness (QED) is 0.151. The average molecular weight is 599 g/mol.